The second-order valence-electron chi connectivity index (χ2n) is 3.26. The first-order valence-electron chi connectivity index (χ1n) is 4.78. The number of nitrogens with one attached hydrogen (secondary N) is 1. The van der Waals surface area contributed by atoms with Crippen LogP contribution in [0.4, 0.5) is 0 Å². The zero-order valence-corrected chi connectivity index (χ0v) is 8.43. The van der Waals surface area contributed by atoms with E-state index in [1.807, 2.05) is 6.92 Å². The molecule has 0 aromatic carbocycles. The number of hydrogen-bond acceptors (Lipinski definition) is 6. The molecule has 1 heterocycles. The van der Waals surface area contributed by atoms with E-state index in [9.17, 15) is 15.0 Å². The van der Waals surface area contributed by atoms with Gasteiger partial charge in [-0.15, -0.1) is 0 Å². The van der Waals surface area contributed by atoms with E-state index in [0.717, 1.165) is 6.42 Å². The van der Waals surface area contributed by atoms with Crippen molar-refractivity contribution < 1.29 is 24.9 Å². The van der Waals surface area contributed by atoms with E-state index in [2.05, 4.69) is 5.32 Å². The number of carbonyl (C=O) groups is 1. The van der Waals surface area contributed by atoms with Crippen LogP contribution in [0.15, 0.2) is 11.5 Å². The number of esters is 1. The van der Waals surface area contributed by atoms with Gasteiger partial charge in [0.1, 0.15) is 6.10 Å². The van der Waals surface area contributed by atoms with Gasteiger partial charge in [-0.1, -0.05) is 6.92 Å². The fourth-order valence-electron chi connectivity index (χ4n) is 1.25. The molecule has 1 aliphatic rings. The van der Waals surface area contributed by atoms with Crippen LogP contribution in [-0.2, 0) is 9.53 Å². The molecule has 86 valence electrons. The zero-order valence-electron chi connectivity index (χ0n) is 8.43. The zero-order chi connectivity index (χ0) is 11.4. The van der Waals surface area contributed by atoms with Crippen LogP contribution in [0, 0.1) is 0 Å². The molecule has 0 aromatic heterocycles. The third-order valence-electron chi connectivity index (χ3n) is 2.05. The van der Waals surface area contributed by atoms with Crippen molar-refractivity contribution in [3.05, 3.63) is 11.5 Å². The topological polar surface area (TPSA) is 99.0 Å². The van der Waals surface area contributed by atoms with Crippen molar-refractivity contribution in [3.8, 4) is 0 Å². The summed E-state index contributed by atoms with van der Waals surface area (Å²) < 4.78 is 4.70. The Labute approximate surface area is 87.2 Å². The lowest BCUT2D eigenvalue weighted by atomic mass is 10.2. The maximum absolute atomic E-state index is 11.2. The highest BCUT2D eigenvalue weighted by Crippen LogP contribution is 2.21. The molecule has 0 unspecified atom stereocenters. The molecular formula is C9H15NO5. The van der Waals surface area contributed by atoms with Crippen molar-refractivity contribution in [2.75, 3.05) is 13.2 Å². The average Bonchev–Trinajstić information content (AvgIpc) is 2.51. The second kappa shape index (κ2) is 4.99. The Bertz CT molecular complexity index is 276. The molecule has 1 aliphatic heterocycles. The van der Waals surface area contributed by atoms with Crippen LogP contribution in [0.2, 0.25) is 0 Å². The number of rotatable bonds is 5. The summed E-state index contributed by atoms with van der Waals surface area (Å²) in [5.74, 6) is -1.06. The molecule has 6 heteroatoms. The first-order chi connectivity index (χ1) is 7.11. The Morgan fingerprint density at radius 2 is 2.27 bits per heavy atom. The van der Waals surface area contributed by atoms with Gasteiger partial charge in [-0.2, -0.15) is 0 Å². The molecule has 0 spiro atoms. The van der Waals surface area contributed by atoms with E-state index in [4.69, 9.17) is 9.84 Å². The molecule has 0 saturated heterocycles. The van der Waals surface area contributed by atoms with Gasteiger partial charge in [-0.05, 0) is 6.42 Å². The van der Waals surface area contributed by atoms with Crippen LogP contribution in [0.3, 0.4) is 0 Å². The van der Waals surface area contributed by atoms with E-state index < -0.39 is 24.8 Å². The van der Waals surface area contributed by atoms with Crippen LogP contribution < -0.4 is 5.32 Å². The molecular weight excluding hydrogens is 202 g/mol. The first kappa shape index (κ1) is 11.8. The SMILES string of the molecule is CCCNC1=C(O)[C@@H]([C@@H](O)CO)OC1=O. The van der Waals surface area contributed by atoms with Gasteiger partial charge < -0.3 is 25.4 Å². The van der Waals surface area contributed by atoms with Crippen LogP contribution >= 0.6 is 0 Å². The summed E-state index contributed by atoms with van der Waals surface area (Å²) in [7, 11) is 0. The van der Waals surface area contributed by atoms with E-state index in [0.29, 0.717) is 6.54 Å². The summed E-state index contributed by atoms with van der Waals surface area (Å²) in [5.41, 5.74) is -0.0330. The van der Waals surface area contributed by atoms with Gasteiger partial charge in [0.2, 0.25) is 0 Å². The summed E-state index contributed by atoms with van der Waals surface area (Å²) in [5, 5.41) is 30.2. The smallest absolute Gasteiger partial charge is 0.358 e. The maximum atomic E-state index is 11.2. The summed E-state index contributed by atoms with van der Waals surface area (Å²) in [6, 6.07) is 0. The van der Waals surface area contributed by atoms with E-state index in [1.165, 1.54) is 0 Å². The molecule has 0 radical (unpaired) electrons. The number of aliphatic hydroxyl groups excluding tert-OH is 3. The van der Waals surface area contributed by atoms with Gasteiger partial charge in [-0.25, -0.2) is 4.79 Å². The van der Waals surface area contributed by atoms with Crippen molar-refractivity contribution in [1.29, 1.82) is 0 Å². The highest BCUT2D eigenvalue weighted by molar-refractivity contribution is 5.91. The predicted octanol–water partition coefficient (Wildman–Crippen LogP) is -0.966. The fraction of sp³-hybridized carbons (Fsp3) is 0.667. The number of carbonyl (C=O) groups excluding carboxylic acids is 1. The van der Waals surface area contributed by atoms with Gasteiger partial charge in [-0.3, -0.25) is 0 Å². The van der Waals surface area contributed by atoms with Gasteiger partial charge in [0.05, 0.1) is 6.61 Å². The van der Waals surface area contributed by atoms with E-state index >= 15 is 0 Å². The van der Waals surface area contributed by atoms with Crippen molar-refractivity contribution in [2.45, 2.75) is 25.6 Å². The number of hydrogen-bond donors (Lipinski definition) is 4. The first-order valence-corrected chi connectivity index (χ1v) is 4.78. The molecule has 0 aromatic rings. The lowest BCUT2D eigenvalue weighted by Gasteiger charge is -2.14. The number of ether oxygens (including phenoxy) is 1. The Hall–Kier alpha value is -1.27. The molecule has 2 atom stereocenters. The predicted molar refractivity (Wildman–Crippen MR) is 50.9 cm³/mol. The van der Waals surface area contributed by atoms with Crippen molar-refractivity contribution >= 4 is 5.97 Å². The Kier molecular flexibility index (Phi) is 3.93. The molecule has 4 N–H and O–H groups in total. The van der Waals surface area contributed by atoms with E-state index in [1.54, 1.807) is 0 Å². The lowest BCUT2D eigenvalue weighted by molar-refractivity contribution is -0.146. The summed E-state index contributed by atoms with van der Waals surface area (Å²) in [6.07, 6.45) is -1.67. The molecule has 0 saturated carbocycles. The molecule has 15 heavy (non-hydrogen) atoms. The largest absolute Gasteiger partial charge is 0.506 e. The Balaban J connectivity index is 2.74. The third kappa shape index (κ3) is 2.40. The summed E-state index contributed by atoms with van der Waals surface area (Å²) in [6.45, 7) is 1.85. The van der Waals surface area contributed by atoms with Gasteiger partial charge in [0, 0.05) is 6.54 Å². The van der Waals surface area contributed by atoms with E-state index in [-0.39, 0.29) is 11.5 Å². The van der Waals surface area contributed by atoms with Crippen molar-refractivity contribution in [3.63, 3.8) is 0 Å². The highest BCUT2D eigenvalue weighted by atomic mass is 16.6. The average molecular weight is 217 g/mol. The third-order valence-corrected chi connectivity index (χ3v) is 2.05. The molecule has 0 bridgehead atoms. The fourth-order valence-corrected chi connectivity index (χ4v) is 1.25. The van der Waals surface area contributed by atoms with Gasteiger partial charge in [0.25, 0.3) is 0 Å². The molecule has 6 nitrogen and oxygen atoms in total. The van der Waals surface area contributed by atoms with Crippen LogP contribution in [0.1, 0.15) is 13.3 Å². The maximum Gasteiger partial charge on any atom is 0.358 e. The monoisotopic (exact) mass is 217 g/mol. The lowest BCUT2D eigenvalue weighted by Crippen LogP contribution is -2.31. The quantitative estimate of drug-likeness (QED) is 0.442. The summed E-state index contributed by atoms with van der Waals surface area (Å²) >= 11 is 0. The van der Waals surface area contributed by atoms with Crippen LogP contribution in [0.25, 0.3) is 0 Å². The second-order valence-corrected chi connectivity index (χ2v) is 3.26. The highest BCUT2D eigenvalue weighted by Gasteiger charge is 2.38. The van der Waals surface area contributed by atoms with Crippen molar-refractivity contribution in [1.82, 2.24) is 5.32 Å². The normalized spacial score (nSPS) is 22.9. The van der Waals surface area contributed by atoms with Gasteiger partial charge >= 0.3 is 5.97 Å². The van der Waals surface area contributed by atoms with Gasteiger partial charge in [0.15, 0.2) is 17.6 Å². The summed E-state index contributed by atoms with van der Waals surface area (Å²) in [4.78, 5) is 11.2. The van der Waals surface area contributed by atoms with Crippen molar-refractivity contribution in [2.24, 2.45) is 0 Å². The number of cyclic esters (lactones) is 1. The molecule has 1 rings (SSSR count). The Morgan fingerprint density at radius 1 is 1.60 bits per heavy atom. The minimum atomic E-state index is -1.30. The minimum absolute atomic E-state index is 0.0330. The molecule has 0 fully saturated rings. The Morgan fingerprint density at radius 3 is 2.80 bits per heavy atom. The number of aliphatic hydroxyl groups is 3. The molecule has 0 aliphatic carbocycles. The van der Waals surface area contributed by atoms with Crippen LogP contribution in [0.5, 0.6) is 0 Å². The molecule has 0 amide bonds. The minimum Gasteiger partial charge on any atom is -0.506 e. The van der Waals surface area contributed by atoms with Crippen LogP contribution in [-0.4, -0.2) is 46.6 Å². The standard InChI is InChI=1S/C9H15NO5/c1-2-3-10-6-7(13)8(5(12)4-11)15-9(6)14/h5,8,10-13H,2-4H2,1H3/t5-,8+/m0/s1.